The molecule has 1 heterocycles. The molecule has 1 aliphatic rings. The van der Waals surface area contributed by atoms with Crippen LogP contribution in [0, 0.1) is 5.92 Å². The van der Waals surface area contributed by atoms with Crippen molar-refractivity contribution in [2.45, 2.75) is 51.6 Å². The minimum absolute atomic E-state index is 0.0454. The van der Waals surface area contributed by atoms with Crippen LogP contribution < -0.4 is 10.6 Å². The standard InChI is InChI=1S/C40H47N3O8/c1-4-49-37(47)22-42-40(48)41-21-32-8-5-6-11-34(32)28-16-18-30(19-17-28)39-50-36(24-43(3)23-35(46)31-9-7-10-33(45)20-31)26(2)38(51-39)29-14-12-27(25-44)13-15-29/h5-20,26,35-36,38-39,44-46H,4,21-25H2,1-3H3,(H2,41,42,48)/t26-,35-,36+,38+,39+/m1/s1. The smallest absolute Gasteiger partial charge is 0.325 e. The molecule has 0 aromatic heterocycles. The fourth-order valence-corrected chi connectivity index (χ4v) is 6.22. The van der Waals surface area contributed by atoms with Crippen molar-refractivity contribution in [3.05, 3.63) is 125 Å². The molecule has 5 rings (SSSR count). The van der Waals surface area contributed by atoms with Gasteiger partial charge in [-0.15, -0.1) is 0 Å². The maximum absolute atomic E-state index is 12.3. The lowest BCUT2D eigenvalue weighted by atomic mass is 9.90. The Morgan fingerprint density at radius 3 is 2.35 bits per heavy atom. The predicted octanol–water partition coefficient (Wildman–Crippen LogP) is 5.37. The summed E-state index contributed by atoms with van der Waals surface area (Å²) in [5.74, 6) is -0.439. The van der Waals surface area contributed by atoms with E-state index >= 15 is 0 Å². The van der Waals surface area contributed by atoms with E-state index in [9.17, 15) is 24.9 Å². The summed E-state index contributed by atoms with van der Waals surface area (Å²) in [6, 6.07) is 29.6. The molecule has 11 heteroatoms. The number of aliphatic hydroxyl groups is 2. The third-order valence-corrected chi connectivity index (χ3v) is 9.00. The molecule has 5 N–H and O–H groups in total. The molecule has 51 heavy (non-hydrogen) atoms. The van der Waals surface area contributed by atoms with Gasteiger partial charge in [0.1, 0.15) is 12.3 Å². The van der Waals surface area contributed by atoms with Gasteiger partial charge < -0.3 is 45.1 Å². The van der Waals surface area contributed by atoms with Gasteiger partial charge in [0.2, 0.25) is 0 Å². The molecule has 2 amide bonds. The molecule has 0 saturated carbocycles. The molecular formula is C40H47N3O8. The molecule has 0 aliphatic carbocycles. The zero-order chi connectivity index (χ0) is 36.3. The topological polar surface area (TPSA) is 150 Å². The number of nitrogens with one attached hydrogen (secondary N) is 2. The zero-order valence-corrected chi connectivity index (χ0v) is 29.2. The highest BCUT2D eigenvalue weighted by atomic mass is 16.7. The first-order chi connectivity index (χ1) is 24.6. The fourth-order valence-electron chi connectivity index (χ4n) is 6.22. The third kappa shape index (κ3) is 10.2. The number of ether oxygens (including phenoxy) is 3. The summed E-state index contributed by atoms with van der Waals surface area (Å²) < 4.78 is 18.1. The van der Waals surface area contributed by atoms with Crippen LogP contribution in [0.3, 0.4) is 0 Å². The molecule has 11 nitrogen and oxygen atoms in total. The Kier molecular flexibility index (Phi) is 13.2. The number of carbonyl (C=O) groups is 2. The number of aromatic hydroxyl groups is 1. The van der Waals surface area contributed by atoms with E-state index in [0.29, 0.717) is 18.7 Å². The van der Waals surface area contributed by atoms with Gasteiger partial charge in [-0.05, 0) is 59.5 Å². The van der Waals surface area contributed by atoms with Crippen molar-refractivity contribution >= 4 is 12.0 Å². The van der Waals surface area contributed by atoms with E-state index in [4.69, 9.17) is 14.2 Å². The average Bonchev–Trinajstić information content (AvgIpc) is 3.14. The van der Waals surface area contributed by atoms with Crippen LogP contribution in [0.1, 0.15) is 60.2 Å². The van der Waals surface area contributed by atoms with Gasteiger partial charge in [-0.2, -0.15) is 0 Å². The summed E-state index contributed by atoms with van der Waals surface area (Å²) in [5, 5.41) is 35.7. The Balaban J connectivity index is 1.31. The second-order valence-corrected chi connectivity index (χ2v) is 12.8. The van der Waals surface area contributed by atoms with E-state index in [-0.39, 0.29) is 50.2 Å². The molecule has 0 unspecified atom stereocenters. The molecule has 5 atom stereocenters. The summed E-state index contributed by atoms with van der Waals surface area (Å²) >= 11 is 0. The van der Waals surface area contributed by atoms with E-state index < -0.39 is 24.4 Å². The van der Waals surface area contributed by atoms with Crippen molar-refractivity contribution in [1.82, 2.24) is 15.5 Å². The Morgan fingerprint density at radius 2 is 1.65 bits per heavy atom. The maximum atomic E-state index is 12.3. The quantitative estimate of drug-likeness (QED) is 0.110. The lowest BCUT2D eigenvalue weighted by molar-refractivity contribution is -0.276. The van der Waals surface area contributed by atoms with Gasteiger partial charge in [0, 0.05) is 31.1 Å². The molecule has 270 valence electrons. The summed E-state index contributed by atoms with van der Waals surface area (Å²) in [4.78, 5) is 25.9. The van der Waals surface area contributed by atoms with Crippen LogP contribution >= 0.6 is 0 Å². The summed E-state index contributed by atoms with van der Waals surface area (Å²) in [6.07, 6.45) is -2.02. The number of likely N-dealkylation sites (N-methyl/N-ethyl adjacent to an activating group) is 1. The Hall–Kier alpha value is -4.78. The molecule has 0 bridgehead atoms. The number of benzene rings is 4. The third-order valence-electron chi connectivity index (χ3n) is 9.00. The number of phenols is 1. The van der Waals surface area contributed by atoms with Crippen LogP contribution in [-0.2, 0) is 32.2 Å². The number of nitrogens with zero attached hydrogens (tertiary/aromatic N) is 1. The molecule has 4 aromatic rings. The van der Waals surface area contributed by atoms with E-state index in [1.165, 1.54) is 0 Å². The molecular weight excluding hydrogens is 650 g/mol. The lowest BCUT2D eigenvalue weighted by Gasteiger charge is -2.42. The van der Waals surface area contributed by atoms with E-state index in [1.807, 2.05) is 84.7 Å². The highest BCUT2D eigenvalue weighted by molar-refractivity contribution is 5.81. The normalized spacial score (nSPS) is 19.3. The average molecular weight is 698 g/mol. The highest BCUT2D eigenvalue weighted by Crippen LogP contribution is 2.42. The van der Waals surface area contributed by atoms with E-state index in [1.54, 1.807) is 31.2 Å². The first-order valence-corrected chi connectivity index (χ1v) is 17.2. The minimum Gasteiger partial charge on any atom is -0.508 e. The van der Waals surface area contributed by atoms with Crippen molar-refractivity contribution in [2.75, 3.05) is 33.3 Å². The second kappa shape index (κ2) is 17.9. The Bertz CT molecular complexity index is 1730. The molecule has 0 radical (unpaired) electrons. The van der Waals surface area contributed by atoms with Crippen molar-refractivity contribution in [3.63, 3.8) is 0 Å². The largest absolute Gasteiger partial charge is 0.508 e. The van der Waals surface area contributed by atoms with Crippen LogP contribution in [0.4, 0.5) is 4.79 Å². The number of rotatable bonds is 14. The fraction of sp³-hybridized carbons (Fsp3) is 0.350. The number of hydrogen-bond acceptors (Lipinski definition) is 9. The number of amides is 2. The van der Waals surface area contributed by atoms with Crippen molar-refractivity contribution in [1.29, 1.82) is 0 Å². The number of urea groups is 1. The number of aliphatic hydroxyl groups excluding tert-OH is 2. The van der Waals surface area contributed by atoms with Crippen molar-refractivity contribution < 1.29 is 39.1 Å². The molecule has 1 saturated heterocycles. The van der Waals surface area contributed by atoms with Gasteiger partial charge in [0.05, 0.1) is 31.5 Å². The first-order valence-electron chi connectivity index (χ1n) is 17.2. The Labute approximate surface area is 298 Å². The predicted molar refractivity (Wildman–Crippen MR) is 192 cm³/mol. The van der Waals surface area contributed by atoms with Gasteiger partial charge in [-0.3, -0.25) is 4.79 Å². The molecule has 1 aliphatic heterocycles. The van der Waals surface area contributed by atoms with Crippen LogP contribution in [0.2, 0.25) is 0 Å². The van der Waals surface area contributed by atoms with Gasteiger partial charge in [0.25, 0.3) is 0 Å². The first kappa shape index (κ1) is 37.5. The lowest BCUT2D eigenvalue weighted by Crippen LogP contribution is -2.44. The molecule has 0 spiro atoms. The number of hydrogen-bond donors (Lipinski definition) is 5. The zero-order valence-electron chi connectivity index (χ0n) is 29.2. The number of phenolic OH excluding ortho intramolecular Hbond substituents is 1. The number of carbonyl (C=O) groups excluding carboxylic acids is 2. The summed E-state index contributed by atoms with van der Waals surface area (Å²) in [6.45, 7) is 4.91. The van der Waals surface area contributed by atoms with Gasteiger partial charge in [0.15, 0.2) is 6.29 Å². The number of esters is 1. The van der Waals surface area contributed by atoms with Crippen molar-refractivity contribution in [2.24, 2.45) is 5.92 Å². The van der Waals surface area contributed by atoms with Gasteiger partial charge in [-0.1, -0.05) is 91.9 Å². The SMILES string of the molecule is CCOC(=O)CNC(=O)NCc1ccccc1-c1ccc([C@H]2O[C@@H](CN(C)C[C@@H](O)c3cccc(O)c3)[C@@H](C)[C@@H](c3ccc(CO)cc3)O2)cc1. The Morgan fingerprint density at radius 1 is 0.922 bits per heavy atom. The summed E-state index contributed by atoms with van der Waals surface area (Å²) in [5.41, 5.74) is 6.06. The van der Waals surface area contributed by atoms with E-state index in [0.717, 1.165) is 33.4 Å². The summed E-state index contributed by atoms with van der Waals surface area (Å²) in [7, 11) is 1.93. The molecule has 1 fully saturated rings. The van der Waals surface area contributed by atoms with Gasteiger partial charge >= 0.3 is 12.0 Å². The van der Waals surface area contributed by atoms with Crippen LogP contribution in [0.5, 0.6) is 5.75 Å². The molecule has 4 aromatic carbocycles. The maximum Gasteiger partial charge on any atom is 0.325 e. The van der Waals surface area contributed by atoms with Gasteiger partial charge in [-0.25, -0.2) is 4.79 Å². The van der Waals surface area contributed by atoms with Crippen LogP contribution in [0.25, 0.3) is 11.1 Å². The van der Waals surface area contributed by atoms with Crippen molar-refractivity contribution in [3.8, 4) is 16.9 Å². The van der Waals surface area contributed by atoms with Crippen LogP contribution in [0.15, 0.2) is 97.1 Å². The highest BCUT2D eigenvalue weighted by Gasteiger charge is 2.39. The minimum atomic E-state index is -0.792. The van der Waals surface area contributed by atoms with E-state index in [2.05, 4.69) is 17.6 Å². The monoisotopic (exact) mass is 697 g/mol. The van der Waals surface area contributed by atoms with Crippen LogP contribution in [-0.4, -0.2) is 71.6 Å². The second-order valence-electron chi connectivity index (χ2n) is 12.8.